The number of aromatic nitrogens is 3. The number of rotatable bonds is 4. The lowest BCUT2D eigenvalue weighted by molar-refractivity contribution is -0.117. The maximum atomic E-state index is 12.0. The zero-order chi connectivity index (χ0) is 18.8. The van der Waals surface area contributed by atoms with E-state index in [1.54, 1.807) is 23.5 Å². The fourth-order valence-corrected chi connectivity index (χ4v) is 3.77. The number of nitrogens with one attached hydrogen (secondary N) is 1. The molecule has 7 nitrogen and oxygen atoms in total. The van der Waals surface area contributed by atoms with Crippen molar-refractivity contribution in [3.8, 4) is 0 Å². The molecule has 4 rings (SSSR count). The molecule has 0 aromatic carbocycles. The van der Waals surface area contributed by atoms with Crippen molar-refractivity contribution >= 4 is 40.6 Å². The van der Waals surface area contributed by atoms with Gasteiger partial charge in [-0.1, -0.05) is 18.5 Å². The molecular weight excluding hydrogens is 364 g/mol. The minimum absolute atomic E-state index is 0.137. The minimum Gasteiger partial charge on any atom is -0.355 e. The zero-order valence-corrected chi connectivity index (χ0v) is 16.1. The van der Waals surface area contributed by atoms with Gasteiger partial charge in [0, 0.05) is 26.1 Å². The monoisotopic (exact) mass is 386 g/mol. The number of piperidine rings is 1. The van der Waals surface area contributed by atoms with Crippen LogP contribution in [0.25, 0.3) is 0 Å². The van der Waals surface area contributed by atoms with Crippen molar-refractivity contribution in [2.24, 2.45) is 5.92 Å². The van der Waals surface area contributed by atoms with E-state index in [9.17, 15) is 4.79 Å². The first-order valence-corrected chi connectivity index (χ1v) is 9.78. The van der Waals surface area contributed by atoms with E-state index < -0.39 is 0 Å². The molecule has 0 radical (unpaired) electrons. The third-order valence-corrected chi connectivity index (χ3v) is 5.44. The van der Waals surface area contributed by atoms with E-state index in [0.29, 0.717) is 17.4 Å². The van der Waals surface area contributed by atoms with E-state index in [-0.39, 0.29) is 5.91 Å². The topological polar surface area (TPSA) is 74.2 Å². The van der Waals surface area contributed by atoms with Crippen molar-refractivity contribution in [2.75, 3.05) is 34.8 Å². The van der Waals surface area contributed by atoms with Gasteiger partial charge in [0.15, 0.2) is 5.82 Å². The summed E-state index contributed by atoms with van der Waals surface area (Å²) >= 11 is 6.35. The second-order valence-corrected chi connectivity index (χ2v) is 7.65. The maximum Gasteiger partial charge on any atom is 0.229 e. The Morgan fingerprint density at radius 3 is 2.74 bits per heavy atom. The highest BCUT2D eigenvalue weighted by Gasteiger charge is 2.23. The first-order valence-electron chi connectivity index (χ1n) is 9.40. The van der Waals surface area contributed by atoms with Crippen LogP contribution in [0.4, 0.5) is 23.1 Å². The van der Waals surface area contributed by atoms with Gasteiger partial charge < -0.3 is 15.1 Å². The Morgan fingerprint density at radius 2 is 2.00 bits per heavy atom. The predicted octanol–water partition coefficient (Wildman–Crippen LogP) is 3.63. The summed E-state index contributed by atoms with van der Waals surface area (Å²) < 4.78 is 0. The van der Waals surface area contributed by atoms with E-state index >= 15 is 0 Å². The number of hydrogen-bond acceptors (Lipinski definition) is 6. The van der Waals surface area contributed by atoms with E-state index in [0.717, 1.165) is 62.0 Å². The molecule has 0 saturated carbocycles. The van der Waals surface area contributed by atoms with Crippen molar-refractivity contribution in [3.05, 3.63) is 29.7 Å². The summed E-state index contributed by atoms with van der Waals surface area (Å²) in [5.41, 5.74) is 1.54. The number of carbonyl (C=O) groups is 1. The van der Waals surface area contributed by atoms with Gasteiger partial charge in [-0.3, -0.25) is 9.78 Å². The third kappa shape index (κ3) is 3.98. The molecule has 2 fully saturated rings. The molecule has 0 spiro atoms. The molecule has 27 heavy (non-hydrogen) atoms. The molecule has 2 saturated heterocycles. The first kappa shape index (κ1) is 18.0. The van der Waals surface area contributed by atoms with Gasteiger partial charge >= 0.3 is 0 Å². The molecule has 2 aliphatic rings. The van der Waals surface area contributed by atoms with Gasteiger partial charge in [0.05, 0.1) is 30.0 Å². The summed E-state index contributed by atoms with van der Waals surface area (Å²) in [6.45, 7) is 4.91. The second-order valence-electron chi connectivity index (χ2n) is 7.24. The number of carbonyl (C=O) groups excluding carboxylic acids is 1. The summed E-state index contributed by atoms with van der Waals surface area (Å²) in [4.78, 5) is 29.1. The van der Waals surface area contributed by atoms with Gasteiger partial charge in [0.1, 0.15) is 5.02 Å². The Kier molecular flexibility index (Phi) is 5.11. The molecule has 1 amide bonds. The van der Waals surface area contributed by atoms with Crippen molar-refractivity contribution < 1.29 is 4.79 Å². The van der Waals surface area contributed by atoms with Crippen LogP contribution in [0.1, 0.15) is 32.6 Å². The van der Waals surface area contributed by atoms with Crippen molar-refractivity contribution in [2.45, 2.75) is 32.6 Å². The molecular formula is C19H23ClN6O. The summed E-state index contributed by atoms with van der Waals surface area (Å²) in [6.07, 6.45) is 8.79. The van der Waals surface area contributed by atoms with Crippen molar-refractivity contribution in [1.29, 1.82) is 0 Å². The molecule has 8 heteroatoms. The average Bonchev–Trinajstić information content (AvgIpc) is 3.10. The Balaban J connectivity index is 1.53. The third-order valence-electron chi connectivity index (χ3n) is 5.17. The van der Waals surface area contributed by atoms with E-state index in [1.807, 2.05) is 6.07 Å². The Hall–Kier alpha value is -2.41. The molecule has 1 N–H and O–H groups in total. The number of nitrogens with zero attached hydrogens (tertiary/aromatic N) is 5. The molecule has 2 aromatic heterocycles. The van der Waals surface area contributed by atoms with Crippen LogP contribution in [0.15, 0.2) is 24.7 Å². The number of amides is 1. The van der Waals surface area contributed by atoms with Crippen LogP contribution >= 0.6 is 11.6 Å². The molecule has 0 unspecified atom stereocenters. The lowest BCUT2D eigenvalue weighted by Gasteiger charge is -2.31. The van der Waals surface area contributed by atoms with Crippen LogP contribution in [-0.4, -0.2) is 40.5 Å². The largest absolute Gasteiger partial charge is 0.355 e. The standard InChI is InChI=1S/C19H23ClN6O/c1-13-4-7-25(8-5-13)18-16(20)12-22-19(24-18)23-14-9-15(11-21-10-14)26-6-2-3-17(26)27/h9-13H,2-8H2,1H3,(H,22,23,24). The molecule has 0 atom stereocenters. The second kappa shape index (κ2) is 7.68. The van der Waals surface area contributed by atoms with Crippen LogP contribution in [-0.2, 0) is 4.79 Å². The van der Waals surface area contributed by atoms with Gasteiger partial charge in [0.25, 0.3) is 0 Å². The smallest absolute Gasteiger partial charge is 0.229 e. The fraction of sp³-hybridized carbons (Fsp3) is 0.474. The van der Waals surface area contributed by atoms with Crippen LogP contribution in [0.2, 0.25) is 5.02 Å². The maximum absolute atomic E-state index is 12.0. The van der Waals surface area contributed by atoms with E-state index in [2.05, 4.69) is 32.1 Å². The SMILES string of the molecule is CC1CCN(c2nc(Nc3cncc(N4CCCC4=O)c3)ncc2Cl)CC1. The highest BCUT2D eigenvalue weighted by Crippen LogP contribution is 2.29. The average molecular weight is 387 g/mol. The Labute approximate surface area is 163 Å². The van der Waals surface area contributed by atoms with Gasteiger partial charge in [0.2, 0.25) is 11.9 Å². The van der Waals surface area contributed by atoms with E-state index in [4.69, 9.17) is 11.6 Å². The first-order chi connectivity index (χ1) is 13.1. The van der Waals surface area contributed by atoms with Crippen LogP contribution in [0.5, 0.6) is 0 Å². The molecule has 142 valence electrons. The highest BCUT2D eigenvalue weighted by molar-refractivity contribution is 6.32. The summed E-state index contributed by atoms with van der Waals surface area (Å²) in [5.74, 6) is 2.11. The number of pyridine rings is 1. The summed E-state index contributed by atoms with van der Waals surface area (Å²) in [7, 11) is 0. The summed E-state index contributed by atoms with van der Waals surface area (Å²) in [6, 6.07) is 1.90. The lowest BCUT2D eigenvalue weighted by atomic mass is 9.99. The fourth-order valence-electron chi connectivity index (χ4n) is 3.55. The zero-order valence-electron chi connectivity index (χ0n) is 15.4. The van der Waals surface area contributed by atoms with Gasteiger partial charge in [-0.25, -0.2) is 4.98 Å². The number of halogens is 1. The Morgan fingerprint density at radius 1 is 1.19 bits per heavy atom. The summed E-state index contributed by atoms with van der Waals surface area (Å²) in [5, 5.41) is 3.75. The van der Waals surface area contributed by atoms with E-state index in [1.165, 1.54) is 0 Å². The normalized spacial score (nSPS) is 18.2. The molecule has 2 aromatic rings. The molecule has 0 bridgehead atoms. The van der Waals surface area contributed by atoms with Crippen LogP contribution in [0, 0.1) is 5.92 Å². The van der Waals surface area contributed by atoms with Crippen LogP contribution < -0.4 is 15.1 Å². The number of anilines is 4. The lowest BCUT2D eigenvalue weighted by Crippen LogP contribution is -2.33. The quantitative estimate of drug-likeness (QED) is 0.864. The molecule has 4 heterocycles. The van der Waals surface area contributed by atoms with Crippen LogP contribution in [0.3, 0.4) is 0 Å². The predicted molar refractivity (Wildman–Crippen MR) is 107 cm³/mol. The number of hydrogen-bond donors (Lipinski definition) is 1. The Bertz CT molecular complexity index is 837. The molecule has 0 aliphatic carbocycles. The van der Waals surface area contributed by atoms with Gasteiger partial charge in [-0.15, -0.1) is 0 Å². The van der Waals surface area contributed by atoms with Gasteiger partial charge in [-0.05, 0) is 31.2 Å². The van der Waals surface area contributed by atoms with Crippen molar-refractivity contribution in [3.63, 3.8) is 0 Å². The highest BCUT2D eigenvalue weighted by atomic mass is 35.5. The molecule has 2 aliphatic heterocycles. The minimum atomic E-state index is 0.137. The van der Waals surface area contributed by atoms with Gasteiger partial charge in [-0.2, -0.15) is 4.98 Å². The van der Waals surface area contributed by atoms with Crippen molar-refractivity contribution in [1.82, 2.24) is 15.0 Å².